The van der Waals surface area contributed by atoms with Gasteiger partial charge in [0.25, 0.3) is 0 Å². The minimum absolute atomic E-state index is 0.102. The summed E-state index contributed by atoms with van der Waals surface area (Å²) >= 11 is 0. The fraction of sp³-hybridized carbons (Fsp3) is 0.786. The van der Waals surface area contributed by atoms with E-state index in [1.165, 1.54) is 44.1 Å². The van der Waals surface area contributed by atoms with Gasteiger partial charge in [0.05, 0.1) is 24.4 Å². The third-order valence-corrected chi connectivity index (χ3v) is 8.98. The minimum Gasteiger partial charge on any atom is -0.390 e. The summed E-state index contributed by atoms with van der Waals surface area (Å²) in [6.07, 6.45) is 18.1. The van der Waals surface area contributed by atoms with Crippen molar-refractivity contribution in [2.75, 3.05) is 6.61 Å². The van der Waals surface area contributed by atoms with Crippen LogP contribution in [0.25, 0.3) is 0 Å². The minimum atomic E-state index is -0.539. The Labute approximate surface area is 189 Å². The summed E-state index contributed by atoms with van der Waals surface area (Å²) in [5.41, 5.74) is 3.98. The molecule has 0 aromatic carbocycles. The summed E-state index contributed by atoms with van der Waals surface area (Å²) in [4.78, 5) is 0. The smallest absolute Gasteiger partial charge is 0.0852 e. The quantitative estimate of drug-likeness (QED) is 0.502. The number of rotatable bonds is 6. The van der Waals surface area contributed by atoms with E-state index in [1.807, 2.05) is 13.8 Å². The lowest BCUT2D eigenvalue weighted by Crippen LogP contribution is -2.36. The van der Waals surface area contributed by atoms with E-state index in [1.54, 1.807) is 5.57 Å². The second-order valence-corrected chi connectivity index (χ2v) is 11.8. The first-order valence-electron chi connectivity index (χ1n) is 12.8. The van der Waals surface area contributed by atoms with E-state index in [-0.39, 0.29) is 12.2 Å². The molecular formula is C28H44O3. The van der Waals surface area contributed by atoms with Crippen LogP contribution in [-0.2, 0) is 4.74 Å². The predicted octanol–water partition coefficient (Wildman–Crippen LogP) is 6.11. The van der Waals surface area contributed by atoms with Gasteiger partial charge in [-0.3, -0.25) is 0 Å². The van der Waals surface area contributed by atoms with E-state index in [2.05, 4.69) is 32.1 Å². The molecule has 3 nitrogen and oxygen atoms in total. The molecular weight excluding hydrogens is 384 g/mol. The molecule has 0 aromatic heterocycles. The third-order valence-electron chi connectivity index (χ3n) is 8.98. The Morgan fingerprint density at radius 3 is 2.84 bits per heavy atom. The molecule has 3 fully saturated rings. The Morgan fingerprint density at radius 2 is 2.06 bits per heavy atom. The summed E-state index contributed by atoms with van der Waals surface area (Å²) < 4.78 is 5.80. The van der Waals surface area contributed by atoms with Crippen LogP contribution in [0.1, 0.15) is 91.9 Å². The molecule has 3 heteroatoms. The maximum absolute atomic E-state index is 10.5. The molecule has 3 aliphatic carbocycles. The zero-order chi connectivity index (χ0) is 22.2. The third kappa shape index (κ3) is 5.04. The molecule has 4 rings (SSSR count). The number of hydrogen-bond acceptors (Lipinski definition) is 3. The highest BCUT2D eigenvalue weighted by Gasteiger charge is 2.50. The van der Waals surface area contributed by atoms with Gasteiger partial charge in [-0.2, -0.15) is 0 Å². The van der Waals surface area contributed by atoms with Gasteiger partial charge in [0.15, 0.2) is 0 Å². The first-order valence-corrected chi connectivity index (χ1v) is 12.8. The molecule has 0 amide bonds. The lowest BCUT2D eigenvalue weighted by atomic mass is 9.60. The second kappa shape index (κ2) is 9.15. The van der Waals surface area contributed by atoms with Gasteiger partial charge in [-0.15, -0.1) is 0 Å². The van der Waals surface area contributed by atoms with Crippen molar-refractivity contribution < 1.29 is 14.9 Å². The Balaban J connectivity index is 1.42. The summed E-state index contributed by atoms with van der Waals surface area (Å²) in [6.45, 7) is 9.53. The van der Waals surface area contributed by atoms with Crippen molar-refractivity contribution in [1.82, 2.24) is 0 Å². The Kier molecular flexibility index (Phi) is 6.87. The van der Waals surface area contributed by atoms with E-state index in [4.69, 9.17) is 4.74 Å². The molecule has 4 aliphatic rings. The molecule has 0 spiro atoms. The standard InChI is InChI=1S/C28H44O3/c1-19(7-5-14-27(2,3)30)23-11-12-24-21(8-6-15-28(23,24)4)10-9-20-17-25(29)22-13-16-31-26(22)18-20/h9-10,13,19,23-26,29-30H,5-8,11-12,14-18H2,1-4H3/b20-9-,21-10-/t19-,23?,24+,25-,26?,28-/m1/s1. The molecule has 31 heavy (non-hydrogen) atoms. The maximum atomic E-state index is 10.5. The molecule has 0 aromatic rings. The van der Waals surface area contributed by atoms with Crippen LogP contribution in [0.2, 0.25) is 0 Å². The normalized spacial score (nSPS) is 39.5. The van der Waals surface area contributed by atoms with Gasteiger partial charge in [0, 0.05) is 0 Å². The molecule has 1 aliphatic heterocycles. The number of ether oxygens (including phenoxy) is 1. The van der Waals surface area contributed by atoms with Gasteiger partial charge >= 0.3 is 0 Å². The largest absolute Gasteiger partial charge is 0.390 e. The fourth-order valence-corrected chi connectivity index (χ4v) is 7.34. The molecule has 3 saturated carbocycles. The molecule has 0 bridgehead atoms. The first-order chi connectivity index (χ1) is 14.7. The van der Waals surface area contributed by atoms with E-state index < -0.39 is 5.60 Å². The molecule has 2 N–H and O–H groups in total. The van der Waals surface area contributed by atoms with Gasteiger partial charge < -0.3 is 14.9 Å². The average molecular weight is 429 g/mol. The molecule has 0 radical (unpaired) electrons. The van der Waals surface area contributed by atoms with Crippen LogP contribution < -0.4 is 0 Å². The predicted molar refractivity (Wildman–Crippen MR) is 127 cm³/mol. The van der Waals surface area contributed by atoms with Crippen LogP contribution in [0.4, 0.5) is 0 Å². The van der Waals surface area contributed by atoms with Crippen molar-refractivity contribution in [3.05, 3.63) is 34.9 Å². The highest BCUT2D eigenvalue weighted by molar-refractivity contribution is 5.32. The van der Waals surface area contributed by atoms with Crippen molar-refractivity contribution in [2.24, 2.45) is 23.2 Å². The molecule has 174 valence electrons. The van der Waals surface area contributed by atoms with Crippen LogP contribution >= 0.6 is 0 Å². The highest BCUT2D eigenvalue weighted by Crippen LogP contribution is 2.60. The van der Waals surface area contributed by atoms with Gasteiger partial charge in [-0.1, -0.05) is 56.1 Å². The summed E-state index contributed by atoms with van der Waals surface area (Å²) in [5, 5.41) is 20.5. The molecule has 2 unspecified atom stereocenters. The lowest BCUT2D eigenvalue weighted by Gasteiger charge is -2.44. The highest BCUT2D eigenvalue weighted by atomic mass is 16.5. The van der Waals surface area contributed by atoms with E-state index in [9.17, 15) is 10.2 Å². The number of allylic oxidation sites excluding steroid dienone is 3. The zero-order valence-electron chi connectivity index (χ0n) is 20.2. The van der Waals surface area contributed by atoms with E-state index in [0.29, 0.717) is 17.9 Å². The van der Waals surface area contributed by atoms with Crippen LogP contribution in [0.15, 0.2) is 34.9 Å². The van der Waals surface area contributed by atoms with Crippen molar-refractivity contribution >= 4 is 0 Å². The SMILES string of the molecule is C[C@H](CCCC(C)(C)O)C1CC[C@H]2/C(=C\C=C3/CC4OCC=C4[C@H](O)C3)CCC[C@]12C. The number of hydrogen-bond donors (Lipinski definition) is 2. The topological polar surface area (TPSA) is 49.7 Å². The van der Waals surface area contributed by atoms with Gasteiger partial charge in [-0.05, 0) is 94.0 Å². The molecule has 6 atom stereocenters. The molecule has 0 saturated heterocycles. The van der Waals surface area contributed by atoms with Crippen LogP contribution in [0.3, 0.4) is 0 Å². The first kappa shape index (κ1) is 23.3. The number of aliphatic hydroxyl groups excluding tert-OH is 1. The van der Waals surface area contributed by atoms with Crippen molar-refractivity contribution in [2.45, 2.75) is 110 Å². The number of aliphatic hydroxyl groups is 2. The summed E-state index contributed by atoms with van der Waals surface area (Å²) in [5.74, 6) is 2.24. The van der Waals surface area contributed by atoms with Crippen LogP contribution in [0.5, 0.6) is 0 Å². The van der Waals surface area contributed by atoms with E-state index >= 15 is 0 Å². The second-order valence-electron chi connectivity index (χ2n) is 11.8. The van der Waals surface area contributed by atoms with Gasteiger partial charge in [0.1, 0.15) is 0 Å². The van der Waals surface area contributed by atoms with Crippen LogP contribution in [-0.4, -0.2) is 34.6 Å². The summed E-state index contributed by atoms with van der Waals surface area (Å²) in [6, 6.07) is 0. The Bertz CT molecular complexity index is 740. The van der Waals surface area contributed by atoms with Gasteiger partial charge in [0.2, 0.25) is 0 Å². The van der Waals surface area contributed by atoms with Gasteiger partial charge in [-0.25, -0.2) is 0 Å². The van der Waals surface area contributed by atoms with Crippen LogP contribution in [0, 0.1) is 23.2 Å². The average Bonchev–Trinajstić information content (AvgIpc) is 3.29. The monoisotopic (exact) mass is 428 g/mol. The van der Waals surface area contributed by atoms with Crippen molar-refractivity contribution in [3.63, 3.8) is 0 Å². The lowest BCUT2D eigenvalue weighted by molar-refractivity contribution is 0.0596. The Hall–Kier alpha value is -0.900. The van der Waals surface area contributed by atoms with E-state index in [0.717, 1.165) is 43.1 Å². The van der Waals surface area contributed by atoms with Crippen molar-refractivity contribution in [3.8, 4) is 0 Å². The fourth-order valence-electron chi connectivity index (χ4n) is 7.34. The van der Waals surface area contributed by atoms with Crippen molar-refractivity contribution in [1.29, 1.82) is 0 Å². The molecule has 1 heterocycles. The number of fused-ring (bicyclic) bond motifs is 2. The maximum Gasteiger partial charge on any atom is 0.0852 e. The summed E-state index contributed by atoms with van der Waals surface area (Å²) in [7, 11) is 0. The zero-order valence-corrected chi connectivity index (χ0v) is 20.2. The Morgan fingerprint density at radius 1 is 1.26 bits per heavy atom.